The lowest BCUT2D eigenvalue weighted by molar-refractivity contribution is 0.539. The molecule has 0 saturated carbocycles. The van der Waals surface area contributed by atoms with Gasteiger partial charge in [-0.25, -0.2) is 4.39 Å². The highest BCUT2D eigenvalue weighted by Gasteiger charge is 2.14. The van der Waals surface area contributed by atoms with Crippen LogP contribution in [0.3, 0.4) is 0 Å². The van der Waals surface area contributed by atoms with Gasteiger partial charge >= 0.3 is 0 Å². The third kappa shape index (κ3) is 3.25. The van der Waals surface area contributed by atoms with Crippen molar-refractivity contribution < 1.29 is 4.39 Å². The zero-order chi connectivity index (χ0) is 14.5. The number of benzene rings is 1. The summed E-state index contributed by atoms with van der Waals surface area (Å²) in [6, 6.07) is 9.02. The van der Waals surface area contributed by atoms with Crippen molar-refractivity contribution in [2.45, 2.75) is 39.3 Å². The van der Waals surface area contributed by atoms with Crippen molar-refractivity contribution in [3.8, 4) is 0 Å². The lowest BCUT2D eigenvalue weighted by atomic mass is 10.0. The number of likely N-dealkylation sites (N-methyl/N-ethyl adjacent to an activating group) is 1. The number of nitrogens with zero attached hydrogens (tertiary/aromatic N) is 2. The number of nitrogens with one attached hydrogen (secondary N) is 1. The molecule has 1 aromatic heterocycles. The topological polar surface area (TPSA) is 29.9 Å². The van der Waals surface area contributed by atoms with Gasteiger partial charge in [-0.1, -0.05) is 19.1 Å². The SMILES string of the molecule is CCc1cc(CC(NC)c2ccc(F)cc2)n(CC)n1. The summed E-state index contributed by atoms with van der Waals surface area (Å²) in [5.41, 5.74) is 3.43. The molecule has 1 atom stereocenters. The molecule has 1 unspecified atom stereocenters. The predicted molar refractivity (Wildman–Crippen MR) is 79.2 cm³/mol. The van der Waals surface area contributed by atoms with Gasteiger partial charge in [0, 0.05) is 24.7 Å². The molecule has 2 aromatic rings. The molecule has 20 heavy (non-hydrogen) atoms. The van der Waals surface area contributed by atoms with Crippen molar-refractivity contribution in [2.24, 2.45) is 0 Å². The van der Waals surface area contributed by atoms with Gasteiger partial charge in [0.2, 0.25) is 0 Å². The largest absolute Gasteiger partial charge is 0.313 e. The summed E-state index contributed by atoms with van der Waals surface area (Å²) in [5, 5.41) is 7.87. The molecule has 1 N–H and O–H groups in total. The predicted octanol–water partition coefficient (Wildman–Crippen LogP) is 3.11. The van der Waals surface area contributed by atoms with E-state index in [0.717, 1.165) is 30.6 Å². The highest BCUT2D eigenvalue weighted by Crippen LogP contribution is 2.19. The van der Waals surface area contributed by atoms with Gasteiger partial charge in [-0.3, -0.25) is 4.68 Å². The fourth-order valence-corrected chi connectivity index (χ4v) is 2.42. The van der Waals surface area contributed by atoms with E-state index in [1.807, 2.05) is 23.9 Å². The van der Waals surface area contributed by atoms with Crippen molar-refractivity contribution in [1.82, 2.24) is 15.1 Å². The summed E-state index contributed by atoms with van der Waals surface area (Å²) < 4.78 is 15.1. The van der Waals surface area contributed by atoms with Gasteiger partial charge in [0.15, 0.2) is 0 Å². The molecule has 0 aliphatic rings. The lowest BCUT2D eigenvalue weighted by Gasteiger charge is -2.17. The molecule has 0 fully saturated rings. The molecule has 0 radical (unpaired) electrons. The molecule has 0 bridgehead atoms. The Bertz CT molecular complexity index is 545. The van der Waals surface area contributed by atoms with Crippen molar-refractivity contribution in [2.75, 3.05) is 7.05 Å². The molecule has 3 nitrogen and oxygen atoms in total. The molecule has 4 heteroatoms. The highest BCUT2D eigenvalue weighted by molar-refractivity contribution is 5.22. The minimum Gasteiger partial charge on any atom is -0.313 e. The van der Waals surface area contributed by atoms with Gasteiger partial charge in [-0.05, 0) is 44.2 Å². The van der Waals surface area contributed by atoms with Crippen LogP contribution in [0.25, 0.3) is 0 Å². The minimum absolute atomic E-state index is 0.169. The van der Waals surface area contributed by atoms with Crippen molar-refractivity contribution in [3.63, 3.8) is 0 Å². The summed E-state index contributed by atoms with van der Waals surface area (Å²) in [6.45, 7) is 5.08. The third-order valence-corrected chi connectivity index (χ3v) is 3.61. The molecular formula is C16H22FN3. The van der Waals surface area contributed by atoms with Crippen LogP contribution >= 0.6 is 0 Å². The molecule has 1 aromatic carbocycles. The van der Waals surface area contributed by atoms with E-state index in [1.165, 1.54) is 17.8 Å². The Morgan fingerprint density at radius 3 is 2.50 bits per heavy atom. The van der Waals surface area contributed by atoms with Gasteiger partial charge in [0.05, 0.1) is 5.69 Å². The van der Waals surface area contributed by atoms with E-state index in [0.29, 0.717) is 0 Å². The van der Waals surface area contributed by atoms with E-state index < -0.39 is 0 Å². The lowest BCUT2D eigenvalue weighted by Crippen LogP contribution is -2.20. The standard InChI is InChI=1S/C16H22FN3/c1-4-14-10-15(20(5-2)19-14)11-16(18-3)12-6-8-13(17)9-7-12/h6-10,16,18H,4-5,11H2,1-3H3. The maximum absolute atomic E-state index is 13.0. The molecule has 0 spiro atoms. The zero-order valence-corrected chi connectivity index (χ0v) is 12.4. The second-order valence-electron chi connectivity index (χ2n) is 4.89. The Morgan fingerprint density at radius 2 is 1.95 bits per heavy atom. The van der Waals surface area contributed by atoms with E-state index in [1.54, 1.807) is 0 Å². The molecule has 1 heterocycles. The number of rotatable bonds is 6. The number of halogens is 1. The van der Waals surface area contributed by atoms with Crippen LogP contribution in [0.15, 0.2) is 30.3 Å². The van der Waals surface area contributed by atoms with Crippen LogP contribution in [0.2, 0.25) is 0 Å². The molecule has 0 saturated heterocycles. The fourth-order valence-electron chi connectivity index (χ4n) is 2.42. The molecule has 0 aliphatic heterocycles. The van der Waals surface area contributed by atoms with Gasteiger partial charge in [-0.15, -0.1) is 0 Å². The monoisotopic (exact) mass is 275 g/mol. The van der Waals surface area contributed by atoms with Crippen LogP contribution < -0.4 is 5.32 Å². The second kappa shape index (κ2) is 6.66. The number of aromatic nitrogens is 2. The van der Waals surface area contributed by atoms with Crippen LogP contribution in [0.4, 0.5) is 4.39 Å². The summed E-state index contributed by atoms with van der Waals surface area (Å²) in [4.78, 5) is 0. The van der Waals surface area contributed by atoms with Crippen LogP contribution in [0.1, 0.15) is 36.8 Å². The minimum atomic E-state index is -0.199. The van der Waals surface area contributed by atoms with Crippen molar-refractivity contribution in [1.29, 1.82) is 0 Å². The highest BCUT2D eigenvalue weighted by atomic mass is 19.1. The van der Waals surface area contributed by atoms with Gasteiger partial charge < -0.3 is 5.32 Å². The van der Waals surface area contributed by atoms with Gasteiger partial charge in [-0.2, -0.15) is 5.10 Å². The van der Waals surface area contributed by atoms with Crippen LogP contribution in [0, 0.1) is 5.82 Å². The summed E-state index contributed by atoms with van der Waals surface area (Å²) >= 11 is 0. The molecular weight excluding hydrogens is 253 g/mol. The molecule has 2 rings (SSSR count). The van der Waals surface area contributed by atoms with Crippen molar-refractivity contribution in [3.05, 3.63) is 53.1 Å². The Morgan fingerprint density at radius 1 is 1.25 bits per heavy atom. The Labute approximate surface area is 119 Å². The Kier molecular flexibility index (Phi) is 4.90. The first-order chi connectivity index (χ1) is 9.67. The van der Waals surface area contributed by atoms with Gasteiger partial charge in [0.25, 0.3) is 0 Å². The summed E-state index contributed by atoms with van der Waals surface area (Å²) in [5.74, 6) is -0.199. The number of aryl methyl sites for hydroxylation is 2. The first kappa shape index (κ1) is 14.7. The van der Waals surface area contributed by atoms with Crippen LogP contribution in [0.5, 0.6) is 0 Å². The van der Waals surface area contributed by atoms with Crippen LogP contribution in [-0.2, 0) is 19.4 Å². The van der Waals surface area contributed by atoms with Gasteiger partial charge in [0.1, 0.15) is 5.82 Å². The zero-order valence-electron chi connectivity index (χ0n) is 12.4. The van der Waals surface area contributed by atoms with E-state index in [4.69, 9.17) is 0 Å². The normalized spacial score (nSPS) is 12.6. The second-order valence-corrected chi connectivity index (χ2v) is 4.89. The maximum Gasteiger partial charge on any atom is 0.123 e. The first-order valence-electron chi connectivity index (χ1n) is 7.16. The van der Waals surface area contributed by atoms with Crippen LogP contribution in [-0.4, -0.2) is 16.8 Å². The Balaban J connectivity index is 2.21. The molecule has 108 valence electrons. The van der Waals surface area contributed by atoms with E-state index in [-0.39, 0.29) is 11.9 Å². The number of hydrogen-bond donors (Lipinski definition) is 1. The molecule has 0 amide bonds. The summed E-state index contributed by atoms with van der Waals surface area (Å²) in [6.07, 6.45) is 1.80. The third-order valence-electron chi connectivity index (χ3n) is 3.61. The average Bonchev–Trinajstić information content (AvgIpc) is 2.88. The molecule has 0 aliphatic carbocycles. The van der Waals surface area contributed by atoms with Crippen molar-refractivity contribution >= 4 is 0 Å². The number of hydrogen-bond acceptors (Lipinski definition) is 2. The smallest absolute Gasteiger partial charge is 0.123 e. The van der Waals surface area contributed by atoms with E-state index in [9.17, 15) is 4.39 Å². The quantitative estimate of drug-likeness (QED) is 0.878. The van der Waals surface area contributed by atoms with E-state index >= 15 is 0 Å². The first-order valence-corrected chi connectivity index (χ1v) is 7.16. The Hall–Kier alpha value is -1.68. The average molecular weight is 275 g/mol. The fraction of sp³-hybridized carbons (Fsp3) is 0.438. The van der Waals surface area contributed by atoms with E-state index in [2.05, 4.69) is 30.3 Å². The maximum atomic E-state index is 13.0. The summed E-state index contributed by atoms with van der Waals surface area (Å²) in [7, 11) is 1.93.